The van der Waals surface area contributed by atoms with Crippen molar-refractivity contribution in [3.05, 3.63) is 59.7 Å². The molecule has 3 nitrogen and oxygen atoms in total. The highest BCUT2D eigenvalue weighted by Gasteiger charge is 2.09. The van der Waals surface area contributed by atoms with E-state index in [0.717, 1.165) is 30.0 Å². The third-order valence-corrected chi connectivity index (χ3v) is 3.63. The van der Waals surface area contributed by atoms with Crippen LogP contribution in [0.25, 0.3) is 0 Å². The van der Waals surface area contributed by atoms with Crippen molar-refractivity contribution < 1.29 is 4.74 Å². The first-order valence-corrected chi connectivity index (χ1v) is 7.33. The van der Waals surface area contributed by atoms with E-state index in [-0.39, 0.29) is 0 Å². The molecule has 0 aliphatic carbocycles. The Morgan fingerprint density at radius 1 is 1.19 bits per heavy atom. The Balaban J connectivity index is 2.24. The van der Waals surface area contributed by atoms with E-state index in [0.29, 0.717) is 4.99 Å². The van der Waals surface area contributed by atoms with E-state index >= 15 is 0 Å². The Morgan fingerprint density at radius 2 is 1.90 bits per heavy atom. The van der Waals surface area contributed by atoms with Crippen LogP contribution in [0.2, 0.25) is 0 Å². The fraction of sp³-hybridized carbons (Fsp3) is 0.235. The Morgan fingerprint density at radius 3 is 2.48 bits per heavy atom. The van der Waals surface area contributed by atoms with Crippen LogP contribution in [0.4, 0.5) is 5.69 Å². The van der Waals surface area contributed by atoms with E-state index in [9.17, 15) is 0 Å². The summed E-state index contributed by atoms with van der Waals surface area (Å²) in [4.78, 5) is 2.66. The van der Waals surface area contributed by atoms with Crippen LogP contribution in [0.1, 0.15) is 18.1 Å². The van der Waals surface area contributed by atoms with Gasteiger partial charge in [-0.15, -0.1) is 0 Å². The standard InChI is InChI=1S/C17H20N2OS/c1-3-19(14-7-5-4-6-8-14)12-13-9-10-15(17(18)21)16(11-13)20-2/h4-11H,3,12H2,1-2H3,(H2,18,21). The van der Waals surface area contributed by atoms with Crippen LogP contribution in [0.3, 0.4) is 0 Å². The topological polar surface area (TPSA) is 38.5 Å². The molecule has 2 N–H and O–H groups in total. The van der Waals surface area contributed by atoms with Crippen molar-refractivity contribution in [2.24, 2.45) is 5.73 Å². The molecule has 0 fully saturated rings. The van der Waals surface area contributed by atoms with Gasteiger partial charge in [-0.25, -0.2) is 0 Å². The van der Waals surface area contributed by atoms with Crippen LogP contribution in [0.5, 0.6) is 5.75 Å². The third kappa shape index (κ3) is 3.73. The molecule has 110 valence electrons. The molecule has 0 saturated heterocycles. The fourth-order valence-electron chi connectivity index (χ4n) is 2.28. The zero-order chi connectivity index (χ0) is 15.2. The monoisotopic (exact) mass is 300 g/mol. The molecule has 0 saturated carbocycles. The van der Waals surface area contributed by atoms with E-state index in [1.807, 2.05) is 24.3 Å². The van der Waals surface area contributed by atoms with Crippen LogP contribution in [-0.4, -0.2) is 18.6 Å². The van der Waals surface area contributed by atoms with Crippen LogP contribution < -0.4 is 15.4 Å². The van der Waals surface area contributed by atoms with E-state index in [1.54, 1.807) is 7.11 Å². The molecule has 0 spiro atoms. The van der Waals surface area contributed by atoms with E-state index < -0.39 is 0 Å². The minimum absolute atomic E-state index is 0.355. The summed E-state index contributed by atoms with van der Waals surface area (Å²) in [7, 11) is 1.63. The second-order valence-corrected chi connectivity index (χ2v) is 5.19. The number of hydrogen-bond donors (Lipinski definition) is 1. The molecule has 2 aromatic carbocycles. The van der Waals surface area contributed by atoms with E-state index in [1.165, 1.54) is 5.69 Å². The summed E-state index contributed by atoms with van der Waals surface area (Å²) in [6.07, 6.45) is 0. The number of thiocarbonyl (C=S) groups is 1. The number of nitrogens with two attached hydrogens (primary N) is 1. The molecule has 0 aliphatic rings. The summed E-state index contributed by atoms with van der Waals surface area (Å²) in [6, 6.07) is 16.3. The molecule has 0 atom stereocenters. The van der Waals surface area contributed by atoms with Crippen LogP contribution in [0.15, 0.2) is 48.5 Å². The van der Waals surface area contributed by atoms with E-state index in [2.05, 4.69) is 36.1 Å². The number of nitrogens with zero attached hydrogens (tertiary/aromatic N) is 1. The van der Waals surface area contributed by atoms with Gasteiger partial charge in [0.15, 0.2) is 0 Å². The van der Waals surface area contributed by atoms with Crippen molar-refractivity contribution >= 4 is 22.9 Å². The maximum Gasteiger partial charge on any atom is 0.129 e. The van der Waals surface area contributed by atoms with Gasteiger partial charge in [-0.3, -0.25) is 0 Å². The number of para-hydroxylation sites is 1. The molecule has 2 aromatic rings. The van der Waals surface area contributed by atoms with Gasteiger partial charge in [0.05, 0.1) is 12.7 Å². The average Bonchev–Trinajstić information content (AvgIpc) is 2.53. The summed E-state index contributed by atoms with van der Waals surface area (Å²) < 4.78 is 5.38. The number of anilines is 1. The van der Waals surface area contributed by atoms with Crippen molar-refractivity contribution in [2.45, 2.75) is 13.5 Å². The Bertz CT molecular complexity index is 613. The highest BCUT2D eigenvalue weighted by molar-refractivity contribution is 7.80. The average molecular weight is 300 g/mol. The summed E-state index contributed by atoms with van der Waals surface area (Å²) in [5.74, 6) is 0.726. The molecule has 0 bridgehead atoms. The summed E-state index contributed by atoms with van der Waals surface area (Å²) in [6.45, 7) is 3.89. The highest BCUT2D eigenvalue weighted by atomic mass is 32.1. The highest BCUT2D eigenvalue weighted by Crippen LogP contribution is 2.23. The fourth-order valence-corrected chi connectivity index (χ4v) is 2.45. The molecule has 2 rings (SSSR count). The minimum atomic E-state index is 0.355. The summed E-state index contributed by atoms with van der Waals surface area (Å²) in [5.41, 5.74) is 8.85. The minimum Gasteiger partial charge on any atom is -0.496 e. The number of hydrogen-bond acceptors (Lipinski definition) is 3. The van der Waals surface area contributed by atoms with Crippen molar-refractivity contribution in [2.75, 3.05) is 18.6 Å². The molecular weight excluding hydrogens is 280 g/mol. The first-order chi connectivity index (χ1) is 10.2. The van der Waals surface area contributed by atoms with Crippen molar-refractivity contribution in [1.82, 2.24) is 0 Å². The Kier molecular flexibility index (Phi) is 5.17. The van der Waals surface area contributed by atoms with Gasteiger partial charge >= 0.3 is 0 Å². The number of benzene rings is 2. The molecule has 21 heavy (non-hydrogen) atoms. The molecule has 0 amide bonds. The van der Waals surface area contributed by atoms with E-state index in [4.69, 9.17) is 22.7 Å². The second kappa shape index (κ2) is 7.09. The second-order valence-electron chi connectivity index (χ2n) is 4.75. The maximum atomic E-state index is 5.70. The van der Waals surface area contributed by atoms with Crippen LogP contribution in [-0.2, 0) is 6.54 Å². The predicted molar refractivity (Wildman–Crippen MR) is 92.0 cm³/mol. The van der Waals surface area contributed by atoms with Gasteiger partial charge in [0.25, 0.3) is 0 Å². The lowest BCUT2D eigenvalue weighted by molar-refractivity contribution is 0.413. The molecule has 0 aromatic heterocycles. The van der Waals surface area contributed by atoms with Gasteiger partial charge in [-0.05, 0) is 36.8 Å². The Labute approximate surface area is 131 Å². The van der Waals surface area contributed by atoms with Gasteiger partial charge in [-0.1, -0.05) is 36.5 Å². The number of rotatable bonds is 6. The van der Waals surface area contributed by atoms with Gasteiger partial charge in [0.1, 0.15) is 10.7 Å². The number of methoxy groups -OCH3 is 1. The molecular formula is C17H20N2OS. The molecule has 0 radical (unpaired) electrons. The quantitative estimate of drug-likeness (QED) is 0.830. The van der Waals surface area contributed by atoms with Gasteiger partial charge in [0.2, 0.25) is 0 Å². The first kappa shape index (κ1) is 15.3. The SMILES string of the molecule is CCN(Cc1ccc(C(N)=S)c(OC)c1)c1ccccc1. The lowest BCUT2D eigenvalue weighted by Gasteiger charge is -2.23. The molecule has 0 heterocycles. The third-order valence-electron chi connectivity index (χ3n) is 3.41. The smallest absolute Gasteiger partial charge is 0.129 e. The van der Waals surface area contributed by atoms with Crippen molar-refractivity contribution in [1.29, 1.82) is 0 Å². The van der Waals surface area contributed by atoms with Gasteiger partial charge in [0, 0.05) is 18.8 Å². The molecule has 0 aliphatic heterocycles. The normalized spacial score (nSPS) is 10.2. The van der Waals surface area contributed by atoms with Gasteiger partial charge in [-0.2, -0.15) is 0 Å². The largest absolute Gasteiger partial charge is 0.496 e. The maximum absolute atomic E-state index is 5.70. The summed E-state index contributed by atoms with van der Waals surface area (Å²) in [5, 5.41) is 0. The van der Waals surface area contributed by atoms with Crippen LogP contribution in [0, 0.1) is 0 Å². The lowest BCUT2D eigenvalue weighted by Crippen LogP contribution is -2.22. The zero-order valence-electron chi connectivity index (χ0n) is 12.4. The van der Waals surface area contributed by atoms with Crippen molar-refractivity contribution in [3.8, 4) is 5.75 Å². The lowest BCUT2D eigenvalue weighted by atomic mass is 10.1. The van der Waals surface area contributed by atoms with Crippen LogP contribution >= 0.6 is 12.2 Å². The first-order valence-electron chi connectivity index (χ1n) is 6.92. The zero-order valence-corrected chi connectivity index (χ0v) is 13.2. The number of ether oxygens (including phenoxy) is 1. The van der Waals surface area contributed by atoms with Gasteiger partial charge < -0.3 is 15.4 Å². The Hall–Kier alpha value is -2.07. The summed E-state index contributed by atoms with van der Waals surface area (Å²) >= 11 is 5.03. The van der Waals surface area contributed by atoms with Crippen molar-refractivity contribution in [3.63, 3.8) is 0 Å². The molecule has 4 heteroatoms. The predicted octanol–water partition coefficient (Wildman–Crippen LogP) is 3.36. The molecule has 0 unspecified atom stereocenters.